The standard InChI is InChI=1S/C30H23ClN4O6/c1-40-26-17-19(11-16-25(26)41-30(39)20-7-3-2-4-8-20)18-32-35-29(38)28(37)34-24-10-6-5-9-23(24)27(36)33-22-14-12-21(31)13-15-22/h2-18H,1H3,(H,33,36)(H,34,37)(H,35,38)/b32-18-. The second-order valence-electron chi connectivity index (χ2n) is 8.33. The van der Waals surface area contributed by atoms with Crippen molar-refractivity contribution in [2.75, 3.05) is 17.7 Å². The number of nitrogens with zero attached hydrogens (tertiary/aromatic N) is 1. The smallest absolute Gasteiger partial charge is 0.343 e. The summed E-state index contributed by atoms with van der Waals surface area (Å²) in [5.74, 6) is -2.68. The van der Waals surface area contributed by atoms with Gasteiger partial charge in [0.05, 0.1) is 30.1 Å². The number of rotatable bonds is 8. The average molecular weight is 571 g/mol. The van der Waals surface area contributed by atoms with Crippen molar-refractivity contribution in [3.05, 3.63) is 119 Å². The number of hydrogen-bond donors (Lipinski definition) is 3. The van der Waals surface area contributed by atoms with Crippen LogP contribution in [0.25, 0.3) is 0 Å². The molecule has 0 unspecified atom stereocenters. The van der Waals surface area contributed by atoms with Gasteiger partial charge in [-0.05, 0) is 72.3 Å². The summed E-state index contributed by atoms with van der Waals surface area (Å²) in [7, 11) is 1.41. The Morgan fingerprint density at radius 1 is 0.780 bits per heavy atom. The third-order valence-electron chi connectivity index (χ3n) is 5.51. The van der Waals surface area contributed by atoms with Gasteiger partial charge in [-0.1, -0.05) is 41.9 Å². The number of para-hydroxylation sites is 1. The molecule has 4 aromatic rings. The minimum absolute atomic E-state index is 0.133. The highest BCUT2D eigenvalue weighted by Gasteiger charge is 2.18. The molecular weight excluding hydrogens is 548 g/mol. The van der Waals surface area contributed by atoms with Crippen molar-refractivity contribution in [3.8, 4) is 11.5 Å². The van der Waals surface area contributed by atoms with Crippen molar-refractivity contribution < 1.29 is 28.7 Å². The van der Waals surface area contributed by atoms with Gasteiger partial charge >= 0.3 is 17.8 Å². The van der Waals surface area contributed by atoms with Gasteiger partial charge in [-0.15, -0.1) is 0 Å². The van der Waals surface area contributed by atoms with E-state index in [1.54, 1.807) is 78.9 Å². The van der Waals surface area contributed by atoms with Crippen molar-refractivity contribution in [1.29, 1.82) is 0 Å². The second kappa shape index (κ2) is 13.5. The first-order valence-corrected chi connectivity index (χ1v) is 12.5. The molecule has 0 saturated carbocycles. The number of amides is 3. The van der Waals surface area contributed by atoms with E-state index in [4.69, 9.17) is 21.1 Å². The number of hydrogen-bond acceptors (Lipinski definition) is 7. The lowest BCUT2D eigenvalue weighted by Crippen LogP contribution is -2.33. The van der Waals surface area contributed by atoms with E-state index in [0.29, 0.717) is 21.8 Å². The number of methoxy groups -OCH3 is 1. The van der Waals surface area contributed by atoms with Gasteiger partial charge in [-0.25, -0.2) is 10.2 Å². The van der Waals surface area contributed by atoms with E-state index in [1.165, 1.54) is 31.5 Å². The highest BCUT2D eigenvalue weighted by atomic mass is 35.5. The van der Waals surface area contributed by atoms with Crippen molar-refractivity contribution in [1.82, 2.24) is 5.43 Å². The van der Waals surface area contributed by atoms with Gasteiger partial charge in [-0.2, -0.15) is 5.10 Å². The summed E-state index contributed by atoms with van der Waals surface area (Å²) >= 11 is 5.87. The van der Waals surface area contributed by atoms with Crippen LogP contribution in [0.15, 0.2) is 102 Å². The fourth-order valence-electron chi connectivity index (χ4n) is 3.50. The van der Waals surface area contributed by atoms with Crippen LogP contribution in [0.4, 0.5) is 11.4 Å². The molecule has 4 aromatic carbocycles. The van der Waals surface area contributed by atoms with Gasteiger partial charge in [0.2, 0.25) is 0 Å². The number of carbonyl (C=O) groups excluding carboxylic acids is 4. The summed E-state index contributed by atoms with van der Waals surface area (Å²) in [6.07, 6.45) is 1.28. The third kappa shape index (κ3) is 7.78. The molecule has 0 atom stereocenters. The summed E-state index contributed by atoms with van der Waals surface area (Å²) in [4.78, 5) is 49.9. The summed E-state index contributed by atoms with van der Waals surface area (Å²) in [6, 6.07) is 25.9. The monoisotopic (exact) mass is 570 g/mol. The lowest BCUT2D eigenvalue weighted by molar-refractivity contribution is -0.136. The van der Waals surface area contributed by atoms with Crippen LogP contribution in [-0.2, 0) is 9.59 Å². The molecule has 3 amide bonds. The Bertz CT molecular complexity index is 1610. The molecule has 0 heterocycles. The lowest BCUT2D eigenvalue weighted by Gasteiger charge is -2.11. The topological polar surface area (TPSA) is 135 Å². The van der Waals surface area contributed by atoms with Crippen LogP contribution in [0.3, 0.4) is 0 Å². The molecule has 0 radical (unpaired) electrons. The van der Waals surface area contributed by atoms with Crippen LogP contribution in [0.2, 0.25) is 5.02 Å². The molecule has 0 fully saturated rings. The van der Waals surface area contributed by atoms with E-state index >= 15 is 0 Å². The molecule has 0 aromatic heterocycles. The quantitative estimate of drug-likeness (QED) is 0.0905. The Balaban J connectivity index is 1.35. The number of hydrazone groups is 1. The first-order chi connectivity index (χ1) is 19.8. The second-order valence-corrected chi connectivity index (χ2v) is 8.76. The van der Waals surface area contributed by atoms with Crippen molar-refractivity contribution in [2.45, 2.75) is 0 Å². The van der Waals surface area contributed by atoms with Crippen molar-refractivity contribution >= 4 is 52.9 Å². The Morgan fingerprint density at radius 2 is 1.49 bits per heavy atom. The molecule has 0 saturated heterocycles. The summed E-state index contributed by atoms with van der Waals surface area (Å²) in [6.45, 7) is 0. The van der Waals surface area contributed by atoms with E-state index in [9.17, 15) is 19.2 Å². The number of nitrogens with one attached hydrogen (secondary N) is 3. The molecule has 0 aliphatic heterocycles. The van der Waals surface area contributed by atoms with Gasteiger partial charge in [0, 0.05) is 10.7 Å². The van der Waals surface area contributed by atoms with Crippen LogP contribution in [0.1, 0.15) is 26.3 Å². The van der Waals surface area contributed by atoms with E-state index in [-0.39, 0.29) is 22.7 Å². The zero-order valence-electron chi connectivity index (χ0n) is 21.6. The SMILES string of the molecule is COc1cc(/C=N\NC(=O)C(=O)Nc2ccccc2C(=O)Nc2ccc(Cl)cc2)ccc1OC(=O)c1ccccc1. The molecule has 4 rings (SSSR count). The zero-order chi connectivity index (χ0) is 29.2. The van der Waals surface area contributed by atoms with Gasteiger partial charge < -0.3 is 20.1 Å². The first-order valence-electron chi connectivity index (χ1n) is 12.1. The summed E-state index contributed by atoms with van der Waals surface area (Å²) in [5, 5.41) is 9.44. The minimum Gasteiger partial charge on any atom is -0.493 e. The predicted octanol–water partition coefficient (Wildman–Crippen LogP) is 4.91. The molecule has 206 valence electrons. The molecule has 41 heavy (non-hydrogen) atoms. The number of carbonyl (C=O) groups is 4. The number of ether oxygens (including phenoxy) is 2. The third-order valence-corrected chi connectivity index (χ3v) is 5.76. The van der Waals surface area contributed by atoms with Gasteiger partial charge in [0.1, 0.15) is 0 Å². The fourth-order valence-corrected chi connectivity index (χ4v) is 3.62. The highest BCUT2D eigenvalue weighted by Crippen LogP contribution is 2.28. The first kappa shape index (κ1) is 28.5. The van der Waals surface area contributed by atoms with E-state index < -0.39 is 23.7 Å². The van der Waals surface area contributed by atoms with Crippen LogP contribution >= 0.6 is 11.6 Å². The van der Waals surface area contributed by atoms with Crippen LogP contribution in [0.5, 0.6) is 11.5 Å². The van der Waals surface area contributed by atoms with Crippen molar-refractivity contribution in [2.24, 2.45) is 5.10 Å². The maximum atomic E-state index is 12.8. The summed E-state index contributed by atoms with van der Waals surface area (Å²) < 4.78 is 10.7. The maximum Gasteiger partial charge on any atom is 0.343 e. The van der Waals surface area contributed by atoms with Gasteiger partial charge in [-0.3, -0.25) is 14.4 Å². The molecule has 11 heteroatoms. The maximum absolute atomic E-state index is 12.8. The van der Waals surface area contributed by atoms with Crippen LogP contribution in [0, 0.1) is 0 Å². The molecule has 0 spiro atoms. The van der Waals surface area contributed by atoms with Crippen LogP contribution < -0.4 is 25.5 Å². The Morgan fingerprint density at radius 3 is 2.22 bits per heavy atom. The van der Waals surface area contributed by atoms with E-state index in [1.807, 2.05) is 0 Å². The lowest BCUT2D eigenvalue weighted by atomic mass is 10.1. The van der Waals surface area contributed by atoms with E-state index in [0.717, 1.165) is 0 Å². The Kier molecular flexibility index (Phi) is 9.42. The molecule has 10 nitrogen and oxygen atoms in total. The van der Waals surface area contributed by atoms with Gasteiger partial charge in [0.15, 0.2) is 11.5 Å². The number of halogens is 1. The number of anilines is 2. The molecule has 0 bridgehead atoms. The van der Waals surface area contributed by atoms with Gasteiger partial charge in [0.25, 0.3) is 5.91 Å². The fraction of sp³-hybridized carbons (Fsp3) is 0.0333. The number of benzene rings is 4. The largest absolute Gasteiger partial charge is 0.493 e. The molecule has 3 N–H and O–H groups in total. The average Bonchev–Trinajstić information content (AvgIpc) is 2.99. The number of esters is 1. The normalized spacial score (nSPS) is 10.5. The Hall–Kier alpha value is -5.48. The predicted molar refractivity (Wildman–Crippen MR) is 155 cm³/mol. The molecule has 0 aliphatic carbocycles. The van der Waals surface area contributed by atoms with Crippen molar-refractivity contribution in [3.63, 3.8) is 0 Å². The minimum atomic E-state index is -1.06. The molecule has 0 aliphatic rings. The van der Waals surface area contributed by atoms with E-state index in [2.05, 4.69) is 21.2 Å². The van der Waals surface area contributed by atoms with Crippen LogP contribution in [-0.4, -0.2) is 37.0 Å². The Labute approximate surface area is 239 Å². The zero-order valence-corrected chi connectivity index (χ0v) is 22.3. The summed E-state index contributed by atoms with van der Waals surface area (Å²) in [5.41, 5.74) is 3.79. The molecular formula is C30H23ClN4O6. The highest BCUT2D eigenvalue weighted by molar-refractivity contribution is 6.40.